The van der Waals surface area contributed by atoms with E-state index in [9.17, 15) is 9.59 Å². The van der Waals surface area contributed by atoms with Crippen LogP contribution in [-0.4, -0.2) is 31.7 Å². The van der Waals surface area contributed by atoms with Gasteiger partial charge in [-0.3, -0.25) is 4.79 Å². The molecule has 0 saturated carbocycles. The van der Waals surface area contributed by atoms with E-state index in [1.165, 1.54) is 0 Å². The molecule has 0 aromatic heterocycles. The first-order valence-corrected chi connectivity index (χ1v) is 8.46. The Hall–Kier alpha value is -3.02. The highest BCUT2D eigenvalue weighted by molar-refractivity contribution is 5.95. The van der Waals surface area contributed by atoms with Crippen molar-refractivity contribution in [3.63, 3.8) is 0 Å². The molecule has 1 amide bonds. The van der Waals surface area contributed by atoms with Gasteiger partial charge in [0.05, 0.1) is 18.8 Å². The van der Waals surface area contributed by atoms with Crippen molar-refractivity contribution >= 4 is 17.6 Å². The second-order valence-corrected chi connectivity index (χ2v) is 5.55. The highest BCUT2D eigenvalue weighted by atomic mass is 16.5. The van der Waals surface area contributed by atoms with Crippen molar-refractivity contribution in [1.29, 1.82) is 0 Å². The Morgan fingerprint density at radius 3 is 2.19 bits per heavy atom. The number of amides is 1. The van der Waals surface area contributed by atoms with E-state index < -0.39 is 11.9 Å². The van der Waals surface area contributed by atoms with E-state index in [4.69, 9.17) is 14.2 Å². The van der Waals surface area contributed by atoms with Crippen LogP contribution in [0.25, 0.3) is 0 Å². The normalized spacial score (nSPS) is 10.1. The second-order valence-electron chi connectivity index (χ2n) is 5.55. The summed E-state index contributed by atoms with van der Waals surface area (Å²) in [6.07, 6.45) is 0. The lowest BCUT2D eigenvalue weighted by molar-refractivity contribution is -0.119. The number of benzene rings is 2. The van der Waals surface area contributed by atoms with Crippen LogP contribution in [0.3, 0.4) is 0 Å². The fourth-order valence-corrected chi connectivity index (χ4v) is 2.32. The molecule has 0 aliphatic heterocycles. The van der Waals surface area contributed by atoms with Crippen molar-refractivity contribution in [2.24, 2.45) is 0 Å². The molecule has 0 spiro atoms. The van der Waals surface area contributed by atoms with Gasteiger partial charge in [0.15, 0.2) is 6.61 Å². The molecule has 0 bridgehead atoms. The summed E-state index contributed by atoms with van der Waals surface area (Å²) in [5, 5.41) is 2.69. The van der Waals surface area contributed by atoms with Crippen molar-refractivity contribution in [3.05, 3.63) is 53.6 Å². The van der Waals surface area contributed by atoms with Crippen molar-refractivity contribution in [3.8, 4) is 11.5 Å². The summed E-state index contributed by atoms with van der Waals surface area (Å²) < 4.78 is 16.0. The van der Waals surface area contributed by atoms with E-state index >= 15 is 0 Å². The molecule has 0 atom stereocenters. The number of carbonyl (C=O) groups is 2. The molecular formula is C20H23NO5. The maximum absolute atomic E-state index is 12.3. The fourth-order valence-electron chi connectivity index (χ4n) is 2.32. The SMILES string of the molecule is CCOc1cc(OCC)cc(C(=O)OCC(=O)Nc2cccc(C)c2)c1. The number of ether oxygens (including phenoxy) is 3. The minimum absolute atomic E-state index is 0.266. The summed E-state index contributed by atoms with van der Waals surface area (Å²) in [5.41, 5.74) is 1.95. The number of hydrogen-bond donors (Lipinski definition) is 1. The van der Waals surface area contributed by atoms with Crippen LogP contribution in [0.15, 0.2) is 42.5 Å². The number of esters is 1. The number of hydrogen-bond acceptors (Lipinski definition) is 5. The average molecular weight is 357 g/mol. The average Bonchev–Trinajstić information content (AvgIpc) is 2.60. The minimum atomic E-state index is -0.619. The molecule has 138 valence electrons. The molecule has 2 rings (SSSR count). The standard InChI is InChI=1S/C20H23NO5/c1-4-24-17-10-15(11-18(12-17)25-5-2)20(23)26-13-19(22)21-16-8-6-7-14(3)9-16/h6-12H,4-5,13H2,1-3H3,(H,21,22). The van der Waals surface area contributed by atoms with Gasteiger partial charge in [0, 0.05) is 11.8 Å². The predicted molar refractivity (Wildman–Crippen MR) is 98.9 cm³/mol. The summed E-state index contributed by atoms with van der Waals surface area (Å²) in [6, 6.07) is 12.2. The maximum atomic E-state index is 12.3. The van der Waals surface area contributed by atoms with Gasteiger partial charge in [0.2, 0.25) is 0 Å². The Morgan fingerprint density at radius 1 is 0.962 bits per heavy atom. The molecule has 2 aromatic carbocycles. The van der Waals surface area contributed by atoms with Crippen LogP contribution in [0.2, 0.25) is 0 Å². The third kappa shape index (κ3) is 5.81. The van der Waals surface area contributed by atoms with Crippen LogP contribution in [-0.2, 0) is 9.53 Å². The van der Waals surface area contributed by atoms with Gasteiger partial charge < -0.3 is 19.5 Å². The third-order valence-electron chi connectivity index (χ3n) is 3.37. The lowest BCUT2D eigenvalue weighted by Gasteiger charge is -2.11. The van der Waals surface area contributed by atoms with Crippen molar-refractivity contribution in [2.75, 3.05) is 25.1 Å². The molecule has 1 N–H and O–H groups in total. The zero-order valence-corrected chi connectivity index (χ0v) is 15.2. The number of nitrogens with one attached hydrogen (secondary N) is 1. The quantitative estimate of drug-likeness (QED) is 0.731. The highest BCUT2D eigenvalue weighted by Crippen LogP contribution is 2.23. The predicted octanol–water partition coefficient (Wildman–Crippen LogP) is 3.59. The van der Waals surface area contributed by atoms with Gasteiger partial charge in [0.25, 0.3) is 5.91 Å². The van der Waals surface area contributed by atoms with Gasteiger partial charge in [0.1, 0.15) is 11.5 Å². The van der Waals surface area contributed by atoms with Crippen molar-refractivity contribution < 1.29 is 23.8 Å². The lowest BCUT2D eigenvalue weighted by atomic mass is 10.2. The van der Waals surface area contributed by atoms with E-state index in [1.54, 1.807) is 24.3 Å². The number of anilines is 1. The van der Waals surface area contributed by atoms with Crippen LogP contribution in [0.5, 0.6) is 11.5 Å². The van der Waals surface area contributed by atoms with Gasteiger partial charge in [-0.25, -0.2) is 4.79 Å². The molecule has 0 saturated heterocycles. The molecule has 26 heavy (non-hydrogen) atoms. The lowest BCUT2D eigenvalue weighted by Crippen LogP contribution is -2.21. The summed E-state index contributed by atoms with van der Waals surface area (Å²) in [6.45, 7) is 6.17. The topological polar surface area (TPSA) is 73.9 Å². The summed E-state index contributed by atoms with van der Waals surface area (Å²) in [7, 11) is 0. The Balaban J connectivity index is 1.99. The molecule has 6 heteroatoms. The van der Waals surface area contributed by atoms with Gasteiger partial charge in [-0.1, -0.05) is 12.1 Å². The van der Waals surface area contributed by atoms with Gasteiger partial charge in [-0.05, 0) is 50.6 Å². The van der Waals surface area contributed by atoms with Gasteiger partial charge in [-0.15, -0.1) is 0 Å². The first-order chi connectivity index (χ1) is 12.5. The zero-order chi connectivity index (χ0) is 18.9. The summed E-state index contributed by atoms with van der Waals surface area (Å²) >= 11 is 0. The first kappa shape index (κ1) is 19.3. The number of carbonyl (C=O) groups excluding carboxylic acids is 2. The second kappa shape index (κ2) is 9.46. The zero-order valence-electron chi connectivity index (χ0n) is 15.2. The monoisotopic (exact) mass is 357 g/mol. The summed E-state index contributed by atoms with van der Waals surface area (Å²) in [4.78, 5) is 24.2. The van der Waals surface area contributed by atoms with Crippen molar-refractivity contribution in [1.82, 2.24) is 0 Å². The molecule has 0 aliphatic carbocycles. The maximum Gasteiger partial charge on any atom is 0.338 e. The van der Waals surface area contributed by atoms with Crippen molar-refractivity contribution in [2.45, 2.75) is 20.8 Å². The Kier molecular flexibility index (Phi) is 7.02. The molecule has 0 aliphatic rings. The Morgan fingerprint density at radius 2 is 1.62 bits per heavy atom. The van der Waals surface area contributed by atoms with E-state index in [0.29, 0.717) is 30.4 Å². The third-order valence-corrected chi connectivity index (χ3v) is 3.37. The van der Waals surface area contributed by atoms with Crippen LogP contribution < -0.4 is 14.8 Å². The van der Waals surface area contributed by atoms with E-state index in [2.05, 4.69) is 5.32 Å². The molecule has 6 nitrogen and oxygen atoms in total. The van der Waals surface area contributed by atoms with Crippen LogP contribution in [0.4, 0.5) is 5.69 Å². The first-order valence-electron chi connectivity index (χ1n) is 8.46. The summed E-state index contributed by atoms with van der Waals surface area (Å²) in [5.74, 6) is -0.00827. The number of aryl methyl sites for hydroxylation is 1. The molecule has 0 fully saturated rings. The number of rotatable bonds is 8. The Bertz CT molecular complexity index is 748. The van der Waals surface area contributed by atoms with E-state index in [1.807, 2.05) is 39.0 Å². The van der Waals surface area contributed by atoms with Crippen LogP contribution >= 0.6 is 0 Å². The smallest absolute Gasteiger partial charge is 0.338 e. The van der Waals surface area contributed by atoms with E-state index in [-0.39, 0.29) is 12.2 Å². The van der Waals surface area contributed by atoms with Gasteiger partial charge >= 0.3 is 5.97 Å². The molecule has 0 radical (unpaired) electrons. The Labute approximate surface area is 153 Å². The van der Waals surface area contributed by atoms with Crippen LogP contribution in [0.1, 0.15) is 29.8 Å². The van der Waals surface area contributed by atoms with Crippen LogP contribution in [0, 0.1) is 6.92 Å². The highest BCUT2D eigenvalue weighted by Gasteiger charge is 2.14. The van der Waals surface area contributed by atoms with Gasteiger partial charge in [-0.2, -0.15) is 0 Å². The molecule has 2 aromatic rings. The largest absolute Gasteiger partial charge is 0.494 e. The molecular weight excluding hydrogens is 334 g/mol. The molecule has 0 unspecified atom stereocenters. The minimum Gasteiger partial charge on any atom is -0.494 e. The fraction of sp³-hybridized carbons (Fsp3) is 0.300. The van der Waals surface area contributed by atoms with E-state index in [0.717, 1.165) is 5.56 Å². The molecule has 0 heterocycles.